The largest absolute Gasteiger partial charge is 0.481 e. The highest BCUT2D eigenvalue weighted by Gasteiger charge is 2.02. The molecule has 2 amide bonds. The molecular weight excluding hydrogens is 280 g/mol. The second kappa shape index (κ2) is 9.46. The Balaban J connectivity index is 2.31. The SMILES string of the molecule is CC(=O)Nc1cccc(OCC#CCNC(=O)CC(C)C)c1. The van der Waals surface area contributed by atoms with Crippen molar-refractivity contribution in [2.75, 3.05) is 18.5 Å². The summed E-state index contributed by atoms with van der Waals surface area (Å²) in [5.41, 5.74) is 0.680. The summed E-state index contributed by atoms with van der Waals surface area (Å²) in [6, 6.07) is 7.09. The fourth-order valence-electron chi connectivity index (χ4n) is 1.69. The van der Waals surface area contributed by atoms with Crippen molar-refractivity contribution in [3.8, 4) is 17.6 Å². The van der Waals surface area contributed by atoms with Crippen molar-refractivity contribution in [2.45, 2.75) is 27.2 Å². The van der Waals surface area contributed by atoms with Crippen LogP contribution < -0.4 is 15.4 Å². The number of ether oxygens (including phenoxy) is 1. The Morgan fingerprint density at radius 2 is 2.05 bits per heavy atom. The molecule has 0 aliphatic rings. The van der Waals surface area contributed by atoms with E-state index in [0.717, 1.165) is 0 Å². The maximum Gasteiger partial charge on any atom is 0.221 e. The number of amides is 2. The molecule has 0 aliphatic carbocycles. The van der Waals surface area contributed by atoms with Gasteiger partial charge >= 0.3 is 0 Å². The van der Waals surface area contributed by atoms with Gasteiger partial charge in [0.1, 0.15) is 12.4 Å². The molecule has 0 atom stereocenters. The minimum atomic E-state index is -0.130. The van der Waals surface area contributed by atoms with Gasteiger partial charge < -0.3 is 15.4 Å². The van der Waals surface area contributed by atoms with E-state index in [1.165, 1.54) is 6.92 Å². The predicted octanol–water partition coefficient (Wildman–Crippen LogP) is 2.19. The summed E-state index contributed by atoms with van der Waals surface area (Å²) in [6.45, 7) is 5.99. The molecule has 0 spiro atoms. The smallest absolute Gasteiger partial charge is 0.221 e. The standard InChI is InChI=1S/C17H22N2O3/c1-13(2)11-17(21)18-9-4-5-10-22-16-8-6-7-15(12-16)19-14(3)20/h6-8,12-13H,9-11H2,1-3H3,(H,18,21)(H,19,20). The van der Waals surface area contributed by atoms with Crippen LogP contribution in [0, 0.1) is 17.8 Å². The van der Waals surface area contributed by atoms with Crippen LogP contribution in [0.1, 0.15) is 27.2 Å². The van der Waals surface area contributed by atoms with E-state index in [-0.39, 0.29) is 18.4 Å². The molecule has 5 nitrogen and oxygen atoms in total. The summed E-state index contributed by atoms with van der Waals surface area (Å²) in [6.07, 6.45) is 0.508. The fourth-order valence-corrected chi connectivity index (χ4v) is 1.69. The minimum absolute atomic E-state index is 0.00762. The van der Waals surface area contributed by atoms with E-state index in [0.29, 0.717) is 30.3 Å². The summed E-state index contributed by atoms with van der Waals surface area (Å²) in [5, 5.41) is 5.41. The Morgan fingerprint density at radius 3 is 2.73 bits per heavy atom. The molecule has 2 N–H and O–H groups in total. The molecule has 0 radical (unpaired) electrons. The molecule has 0 bridgehead atoms. The lowest BCUT2D eigenvalue weighted by Crippen LogP contribution is -2.24. The number of rotatable bonds is 6. The second-order valence-corrected chi connectivity index (χ2v) is 5.23. The molecular formula is C17H22N2O3. The molecule has 0 saturated carbocycles. The Labute approximate surface area is 131 Å². The van der Waals surface area contributed by atoms with Gasteiger partial charge in [0, 0.05) is 25.1 Å². The first-order valence-electron chi connectivity index (χ1n) is 7.20. The van der Waals surface area contributed by atoms with Gasteiger partial charge in [0.15, 0.2) is 0 Å². The average molecular weight is 302 g/mol. The van der Waals surface area contributed by atoms with Crippen LogP contribution in [0.2, 0.25) is 0 Å². The maximum absolute atomic E-state index is 11.4. The third-order valence-electron chi connectivity index (χ3n) is 2.56. The molecule has 1 aromatic carbocycles. The zero-order chi connectivity index (χ0) is 16.4. The van der Waals surface area contributed by atoms with Crippen LogP contribution in [0.25, 0.3) is 0 Å². The van der Waals surface area contributed by atoms with Crippen LogP contribution in [0.5, 0.6) is 5.75 Å². The zero-order valence-electron chi connectivity index (χ0n) is 13.2. The number of benzene rings is 1. The molecule has 1 rings (SSSR count). The van der Waals surface area contributed by atoms with Gasteiger partial charge in [-0.2, -0.15) is 0 Å². The van der Waals surface area contributed by atoms with Gasteiger partial charge in [0.05, 0.1) is 6.54 Å². The van der Waals surface area contributed by atoms with E-state index >= 15 is 0 Å². The molecule has 0 aliphatic heterocycles. The summed E-state index contributed by atoms with van der Waals surface area (Å²) in [4.78, 5) is 22.4. The normalized spacial score (nSPS) is 9.64. The van der Waals surface area contributed by atoms with Crippen molar-refractivity contribution in [3.05, 3.63) is 24.3 Å². The van der Waals surface area contributed by atoms with Crippen molar-refractivity contribution < 1.29 is 14.3 Å². The fraction of sp³-hybridized carbons (Fsp3) is 0.412. The van der Waals surface area contributed by atoms with Gasteiger partial charge in [-0.05, 0) is 18.1 Å². The van der Waals surface area contributed by atoms with Crippen LogP contribution in [-0.4, -0.2) is 25.0 Å². The highest BCUT2D eigenvalue weighted by atomic mass is 16.5. The summed E-state index contributed by atoms with van der Waals surface area (Å²) in [7, 11) is 0. The monoisotopic (exact) mass is 302 g/mol. The van der Waals surface area contributed by atoms with E-state index in [1.54, 1.807) is 24.3 Å². The van der Waals surface area contributed by atoms with Crippen molar-refractivity contribution in [1.82, 2.24) is 5.32 Å². The van der Waals surface area contributed by atoms with E-state index in [4.69, 9.17) is 4.74 Å². The van der Waals surface area contributed by atoms with Crippen molar-refractivity contribution in [1.29, 1.82) is 0 Å². The highest BCUT2D eigenvalue weighted by molar-refractivity contribution is 5.88. The molecule has 0 fully saturated rings. The quantitative estimate of drug-likeness (QED) is 0.792. The minimum Gasteiger partial charge on any atom is -0.481 e. The molecule has 22 heavy (non-hydrogen) atoms. The van der Waals surface area contributed by atoms with Gasteiger partial charge in [0.25, 0.3) is 0 Å². The lowest BCUT2D eigenvalue weighted by molar-refractivity contribution is -0.121. The first-order chi connectivity index (χ1) is 10.5. The first-order valence-corrected chi connectivity index (χ1v) is 7.20. The number of nitrogens with one attached hydrogen (secondary N) is 2. The molecule has 0 unspecified atom stereocenters. The average Bonchev–Trinajstić information content (AvgIpc) is 2.41. The number of anilines is 1. The highest BCUT2D eigenvalue weighted by Crippen LogP contribution is 2.16. The Morgan fingerprint density at radius 1 is 1.27 bits per heavy atom. The van der Waals surface area contributed by atoms with Gasteiger partial charge in [-0.15, -0.1) is 0 Å². The topological polar surface area (TPSA) is 67.4 Å². The Kier molecular flexibility index (Phi) is 7.55. The first kappa shape index (κ1) is 17.6. The third kappa shape index (κ3) is 7.95. The number of hydrogen-bond acceptors (Lipinski definition) is 3. The maximum atomic E-state index is 11.4. The summed E-state index contributed by atoms with van der Waals surface area (Å²) in [5.74, 6) is 6.50. The van der Waals surface area contributed by atoms with Crippen LogP contribution in [0.15, 0.2) is 24.3 Å². The number of carbonyl (C=O) groups excluding carboxylic acids is 2. The van der Waals surface area contributed by atoms with E-state index < -0.39 is 0 Å². The lowest BCUT2D eigenvalue weighted by Gasteiger charge is -2.05. The lowest BCUT2D eigenvalue weighted by atomic mass is 10.1. The van der Waals surface area contributed by atoms with E-state index in [2.05, 4.69) is 22.5 Å². The Hall–Kier alpha value is -2.48. The van der Waals surface area contributed by atoms with Crippen LogP contribution in [-0.2, 0) is 9.59 Å². The van der Waals surface area contributed by atoms with Crippen LogP contribution in [0.4, 0.5) is 5.69 Å². The van der Waals surface area contributed by atoms with Crippen molar-refractivity contribution >= 4 is 17.5 Å². The van der Waals surface area contributed by atoms with Crippen LogP contribution in [0.3, 0.4) is 0 Å². The Bertz CT molecular complexity index is 571. The van der Waals surface area contributed by atoms with Crippen LogP contribution >= 0.6 is 0 Å². The van der Waals surface area contributed by atoms with Crippen molar-refractivity contribution in [3.63, 3.8) is 0 Å². The van der Waals surface area contributed by atoms with Gasteiger partial charge in [-0.3, -0.25) is 9.59 Å². The number of carbonyl (C=O) groups is 2. The predicted molar refractivity (Wildman–Crippen MR) is 86.5 cm³/mol. The van der Waals surface area contributed by atoms with Crippen molar-refractivity contribution in [2.24, 2.45) is 5.92 Å². The van der Waals surface area contributed by atoms with Gasteiger partial charge in [-0.25, -0.2) is 0 Å². The summed E-state index contributed by atoms with van der Waals surface area (Å²) >= 11 is 0. The molecule has 118 valence electrons. The van der Waals surface area contributed by atoms with E-state index in [1.807, 2.05) is 13.8 Å². The summed E-state index contributed by atoms with van der Waals surface area (Å²) < 4.78 is 5.46. The molecule has 1 aromatic rings. The number of hydrogen-bond donors (Lipinski definition) is 2. The van der Waals surface area contributed by atoms with Gasteiger partial charge in [0.2, 0.25) is 11.8 Å². The zero-order valence-corrected chi connectivity index (χ0v) is 13.2. The third-order valence-corrected chi connectivity index (χ3v) is 2.56. The molecule has 0 aromatic heterocycles. The second-order valence-electron chi connectivity index (χ2n) is 5.23. The van der Waals surface area contributed by atoms with Gasteiger partial charge in [-0.1, -0.05) is 31.8 Å². The van der Waals surface area contributed by atoms with E-state index in [9.17, 15) is 9.59 Å². The molecule has 0 heterocycles. The molecule has 0 saturated heterocycles. The molecule has 5 heteroatoms.